The number of hydrogen-bond acceptors (Lipinski definition) is 6. The van der Waals surface area contributed by atoms with Gasteiger partial charge in [-0.15, -0.1) is 10.2 Å². The Bertz CT molecular complexity index is 1160. The smallest absolute Gasteiger partial charge is 0.240 e. The third-order valence-corrected chi connectivity index (χ3v) is 6.17. The van der Waals surface area contributed by atoms with Gasteiger partial charge in [-0.05, 0) is 42.0 Å². The quantitative estimate of drug-likeness (QED) is 0.369. The maximum Gasteiger partial charge on any atom is 0.240 e. The zero-order valence-corrected chi connectivity index (χ0v) is 19.0. The number of carbonyl (C=O) groups is 1. The van der Waals surface area contributed by atoms with E-state index in [2.05, 4.69) is 10.2 Å². The first-order chi connectivity index (χ1) is 15.6. The summed E-state index contributed by atoms with van der Waals surface area (Å²) in [6.45, 7) is 0.446. The minimum absolute atomic E-state index is 0.0141. The molecule has 1 unspecified atom stereocenters. The number of ether oxygens (including phenoxy) is 1. The number of hydrogen-bond donors (Lipinski definition) is 0. The van der Waals surface area contributed by atoms with E-state index >= 15 is 0 Å². The molecule has 0 aliphatic heterocycles. The van der Waals surface area contributed by atoms with Crippen LogP contribution in [0.2, 0.25) is 0 Å². The lowest BCUT2D eigenvalue weighted by atomic mass is 10.1. The number of rotatable bonds is 8. The predicted octanol–water partition coefficient (Wildman–Crippen LogP) is 4.52. The van der Waals surface area contributed by atoms with Gasteiger partial charge in [-0.2, -0.15) is 0 Å². The third kappa shape index (κ3) is 4.70. The highest BCUT2D eigenvalue weighted by Crippen LogP contribution is 2.37. The van der Waals surface area contributed by atoms with E-state index in [0.29, 0.717) is 17.5 Å². The second-order valence-electron chi connectivity index (χ2n) is 7.34. The molecular formula is C24H24N4O3S. The van der Waals surface area contributed by atoms with Crippen LogP contribution in [0, 0.1) is 0 Å². The average Bonchev–Trinajstić information content (AvgIpc) is 3.48. The lowest BCUT2D eigenvalue weighted by Gasteiger charge is -2.20. The Morgan fingerprint density at radius 3 is 2.44 bits per heavy atom. The number of furan rings is 1. The van der Waals surface area contributed by atoms with Crippen molar-refractivity contribution in [3.05, 3.63) is 84.3 Å². The molecule has 164 valence electrons. The topological polar surface area (TPSA) is 73.4 Å². The van der Waals surface area contributed by atoms with Gasteiger partial charge in [0.15, 0.2) is 11.0 Å². The van der Waals surface area contributed by atoms with Crippen LogP contribution in [0.1, 0.15) is 16.6 Å². The van der Waals surface area contributed by atoms with Crippen molar-refractivity contribution in [2.24, 2.45) is 0 Å². The zero-order chi connectivity index (χ0) is 22.5. The van der Waals surface area contributed by atoms with E-state index in [9.17, 15) is 4.79 Å². The minimum atomic E-state index is -0.450. The summed E-state index contributed by atoms with van der Waals surface area (Å²) >= 11 is 1.38. The molecule has 0 N–H and O–H groups in total. The lowest BCUT2D eigenvalue weighted by Crippen LogP contribution is -2.27. The molecule has 0 radical (unpaired) electrons. The third-order valence-electron chi connectivity index (χ3n) is 4.95. The SMILES string of the molecule is COc1ccc(-c2nnc(SC(C(=O)N(C)C)c3ccccc3)n2Cc2ccco2)cc1. The second-order valence-corrected chi connectivity index (χ2v) is 8.41. The van der Waals surface area contributed by atoms with Gasteiger partial charge in [0.1, 0.15) is 16.8 Å². The van der Waals surface area contributed by atoms with Crippen molar-refractivity contribution < 1.29 is 13.9 Å². The number of aromatic nitrogens is 3. The summed E-state index contributed by atoms with van der Waals surface area (Å²) in [6.07, 6.45) is 1.64. The Hall–Kier alpha value is -3.52. The molecule has 8 heteroatoms. The fourth-order valence-electron chi connectivity index (χ4n) is 3.26. The van der Waals surface area contributed by atoms with Crippen LogP contribution >= 0.6 is 11.8 Å². The van der Waals surface area contributed by atoms with E-state index in [1.54, 1.807) is 32.4 Å². The fraction of sp³-hybridized carbons (Fsp3) is 0.208. The molecule has 2 aromatic heterocycles. The molecule has 0 bridgehead atoms. The Kier molecular flexibility index (Phi) is 6.61. The summed E-state index contributed by atoms with van der Waals surface area (Å²) in [4.78, 5) is 14.6. The molecule has 1 amide bonds. The van der Waals surface area contributed by atoms with Gasteiger partial charge in [-0.25, -0.2) is 0 Å². The molecule has 4 aromatic rings. The van der Waals surface area contributed by atoms with E-state index in [0.717, 1.165) is 22.6 Å². The van der Waals surface area contributed by atoms with Gasteiger partial charge in [0.2, 0.25) is 5.91 Å². The van der Waals surface area contributed by atoms with Crippen molar-refractivity contribution in [2.75, 3.05) is 21.2 Å². The first-order valence-electron chi connectivity index (χ1n) is 10.1. The highest BCUT2D eigenvalue weighted by molar-refractivity contribution is 8.00. The molecule has 2 aromatic carbocycles. The monoisotopic (exact) mass is 448 g/mol. The van der Waals surface area contributed by atoms with Crippen molar-refractivity contribution >= 4 is 17.7 Å². The second kappa shape index (κ2) is 9.74. The first kappa shape index (κ1) is 21.7. The first-order valence-corrected chi connectivity index (χ1v) is 11.0. The summed E-state index contributed by atoms with van der Waals surface area (Å²) in [5.41, 5.74) is 1.81. The van der Waals surface area contributed by atoms with Gasteiger partial charge in [0.05, 0.1) is 19.9 Å². The Morgan fingerprint density at radius 2 is 1.81 bits per heavy atom. The van der Waals surface area contributed by atoms with E-state index in [1.807, 2.05) is 71.3 Å². The van der Waals surface area contributed by atoms with Crippen LogP contribution in [0.5, 0.6) is 5.75 Å². The average molecular weight is 449 g/mol. The van der Waals surface area contributed by atoms with Crippen LogP contribution < -0.4 is 4.74 Å². The number of carbonyl (C=O) groups excluding carboxylic acids is 1. The van der Waals surface area contributed by atoms with Gasteiger partial charge in [0, 0.05) is 19.7 Å². The van der Waals surface area contributed by atoms with Crippen LogP contribution in [0.3, 0.4) is 0 Å². The highest BCUT2D eigenvalue weighted by Gasteiger charge is 2.27. The van der Waals surface area contributed by atoms with E-state index in [-0.39, 0.29) is 5.91 Å². The molecule has 0 spiro atoms. The van der Waals surface area contributed by atoms with Crippen molar-refractivity contribution in [2.45, 2.75) is 17.0 Å². The Balaban J connectivity index is 1.75. The summed E-state index contributed by atoms with van der Waals surface area (Å²) in [7, 11) is 5.15. The fourth-order valence-corrected chi connectivity index (χ4v) is 4.44. The number of nitrogens with zero attached hydrogens (tertiary/aromatic N) is 4. The van der Waals surface area contributed by atoms with Gasteiger partial charge >= 0.3 is 0 Å². The zero-order valence-electron chi connectivity index (χ0n) is 18.1. The van der Waals surface area contributed by atoms with E-state index in [1.165, 1.54) is 11.8 Å². The Labute approximate surface area is 191 Å². The largest absolute Gasteiger partial charge is 0.497 e. The number of methoxy groups -OCH3 is 1. The lowest BCUT2D eigenvalue weighted by molar-refractivity contribution is -0.128. The van der Waals surface area contributed by atoms with Crippen LogP contribution in [0.15, 0.2) is 82.6 Å². The van der Waals surface area contributed by atoms with Crippen LogP contribution in [0.4, 0.5) is 0 Å². The maximum absolute atomic E-state index is 13.0. The van der Waals surface area contributed by atoms with E-state index in [4.69, 9.17) is 9.15 Å². The van der Waals surface area contributed by atoms with Gasteiger partial charge in [-0.3, -0.25) is 9.36 Å². The molecule has 7 nitrogen and oxygen atoms in total. The van der Waals surface area contributed by atoms with Crippen molar-refractivity contribution in [3.8, 4) is 17.1 Å². The predicted molar refractivity (Wildman–Crippen MR) is 124 cm³/mol. The number of likely N-dealkylation sites (N-methyl/N-ethyl adjacent to an activating group) is 1. The van der Waals surface area contributed by atoms with Gasteiger partial charge in [0.25, 0.3) is 0 Å². The maximum atomic E-state index is 13.0. The summed E-state index contributed by atoms with van der Waals surface area (Å²) in [5.74, 6) is 2.22. The van der Waals surface area contributed by atoms with Crippen LogP contribution in [0.25, 0.3) is 11.4 Å². The van der Waals surface area contributed by atoms with Crippen molar-refractivity contribution in [1.82, 2.24) is 19.7 Å². The molecule has 2 heterocycles. The van der Waals surface area contributed by atoms with Crippen molar-refractivity contribution in [1.29, 1.82) is 0 Å². The molecular weight excluding hydrogens is 424 g/mol. The molecule has 0 aliphatic carbocycles. The van der Waals surface area contributed by atoms with Gasteiger partial charge in [-0.1, -0.05) is 42.1 Å². The molecule has 0 aliphatic rings. The molecule has 4 rings (SSSR count). The summed E-state index contributed by atoms with van der Waals surface area (Å²) in [6, 6.07) is 21.1. The summed E-state index contributed by atoms with van der Waals surface area (Å²) in [5, 5.41) is 9.10. The molecule has 0 saturated carbocycles. The van der Waals surface area contributed by atoms with Crippen LogP contribution in [-0.4, -0.2) is 46.8 Å². The van der Waals surface area contributed by atoms with Crippen LogP contribution in [-0.2, 0) is 11.3 Å². The minimum Gasteiger partial charge on any atom is -0.497 e. The van der Waals surface area contributed by atoms with Crippen molar-refractivity contribution in [3.63, 3.8) is 0 Å². The molecule has 0 fully saturated rings. The number of thioether (sulfide) groups is 1. The number of amides is 1. The van der Waals surface area contributed by atoms with Gasteiger partial charge < -0.3 is 14.1 Å². The van der Waals surface area contributed by atoms with E-state index < -0.39 is 5.25 Å². The summed E-state index contributed by atoms with van der Waals surface area (Å²) < 4.78 is 12.8. The normalized spacial score (nSPS) is 11.8. The Morgan fingerprint density at radius 1 is 1.06 bits per heavy atom. The molecule has 32 heavy (non-hydrogen) atoms. The highest BCUT2D eigenvalue weighted by atomic mass is 32.2. The standard InChI is InChI=1S/C24H24N4O3S/c1-27(2)23(29)21(17-8-5-4-6-9-17)32-24-26-25-22(18-11-13-19(30-3)14-12-18)28(24)16-20-10-7-15-31-20/h4-15,21H,16H2,1-3H3. The molecule has 0 saturated heterocycles. The molecule has 1 atom stereocenters. The number of benzene rings is 2.